The van der Waals surface area contributed by atoms with Crippen molar-refractivity contribution in [2.45, 2.75) is 30.7 Å². The van der Waals surface area contributed by atoms with Crippen molar-refractivity contribution in [3.63, 3.8) is 0 Å². The van der Waals surface area contributed by atoms with Gasteiger partial charge in [0.25, 0.3) is 0 Å². The van der Waals surface area contributed by atoms with Crippen molar-refractivity contribution in [1.82, 2.24) is 4.72 Å². The van der Waals surface area contributed by atoms with Crippen LogP contribution in [0.25, 0.3) is 0 Å². The van der Waals surface area contributed by atoms with E-state index in [-0.39, 0.29) is 21.9 Å². The van der Waals surface area contributed by atoms with Crippen LogP contribution in [0.1, 0.15) is 25.8 Å². The smallest absolute Gasteiger partial charge is 0.242 e. The monoisotopic (exact) mass is 315 g/mol. The second kappa shape index (κ2) is 5.79. The number of hydrogen-bond acceptors (Lipinski definition) is 4. The average Bonchev–Trinajstić information content (AvgIpc) is 2.24. The van der Waals surface area contributed by atoms with E-state index in [1.165, 1.54) is 32.0 Å². The van der Waals surface area contributed by atoms with Gasteiger partial charge in [-0.15, -0.1) is 0 Å². The summed E-state index contributed by atoms with van der Waals surface area (Å²) in [6.45, 7) is 3.07. The lowest BCUT2D eigenvalue weighted by Crippen LogP contribution is -2.45. The zero-order valence-corrected chi connectivity index (χ0v) is 12.5. The highest BCUT2D eigenvalue weighted by Crippen LogP contribution is 2.24. The zero-order chi connectivity index (χ0) is 15.6. The summed E-state index contributed by atoms with van der Waals surface area (Å²) < 4.78 is 26.8. The first-order chi connectivity index (χ1) is 9.07. The molecule has 0 atom stereocenters. The standard InChI is InChI=1S/C12H14ClN3O3S/c1-12(2,6-11(15)17)16-20(18,19)10-4-3-8(7-14)5-9(10)13/h3-5,16H,6H2,1-2H3,(H2,15,17). The normalized spacial score (nSPS) is 11.9. The van der Waals surface area contributed by atoms with E-state index in [9.17, 15) is 13.2 Å². The first kappa shape index (κ1) is 16.4. The molecule has 108 valence electrons. The lowest BCUT2D eigenvalue weighted by Gasteiger charge is -2.24. The number of nitriles is 1. The van der Waals surface area contributed by atoms with Gasteiger partial charge in [0, 0.05) is 12.0 Å². The van der Waals surface area contributed by atoms with Crippen LogP contribution >= 0.6 is 11.6 Å². The quantitative estimate of drug-likeness (QED) is 0.848. The summed E-state index contributed by atoms with van der Waals surface area (Å²) in [6.07, 6.45) is -0.153. The van der Waals surface area contributed by atoms with Crippen LogP contribution in [0.4, 0.5) is 0 Å². The van der Waals surface area contributed by atoms with Crippen LogP contribution in [0.15, 0.2) is 23.1 Å². The number of primary amides is 1. The van der Waals surface area contributed by atoms with Crippen molar-refractivity contribution in [1.29, 1.82) is 5.26 Å². The number of rotatable bonds is 5. The second-order valence-corrected chi connectivity index (χ2v) is 6.95. The summed E-state index contributed by atoms with van der Waals surface area (Å²) in [5.74, 6) is -0.622. The van der Waals surface area contributed by atoms with E-state index in [1.807, 2.05) is 6.07 Å². The molecular formula is C12H14ClN3O3S. The average molecular weight is 316 g/mol. The van der Waals surface area contributed by atoms with Crippen molar-refractivity contribution < 1.29 is 13.2 Å². The molecule has 0 heterocycles. The Kier molecular flexibility index (Phi) is 4.76. The molecule has 0 fully saturated rings. The summed E-state index contributed by atoms with van der Waals surface area (Å²) in [7, 11) is -3.92. The van der Waals surface area contributed by atoms with Crippen LogP contribution < -0.4 is 10.5 Å². The maximum atomic E-state index is 12.2. The second-order valence-electron chi connectivity index (χ2n) is 4.89. The topological polar surface area (TPSA) is 113 Å². The lowest BCUT2D eigenvalue weighted by molar-refractivity contribution is -0.119. The molecule has 0 unspecified atom stereocenters. The van der Waals surface area contributed by atoms with Gasteiger partial charge in [-0.1, -0.05) is 11.6 Å². The molecule has 0 aliphatic heterocycles. The van der Waals surface area contributed by atoms with Crippen LogP contribution in [0.5, 0.6) is 0 Å². The summed E-state index contributed by atoms with van der Waals surface area (Å²) in [6, 6.07) is 5.71. The Morgan fingerprint density at radius 2 is 2.10 bits per heavy atom. The molecule has 0 saturated heterocycles. The molecule has 0 radical (unpaired) electrons. The summed E-state index contributed by atoms with van der Waals surface area (Å²) in [4.78, 5) is 10.8. The van der Waals surface area contributed by atoms with Gasteiger partial charge in [-0.25, -0.2) is 13.1 Å². The Hall–Kier alpha value is -1.62. The minimum atomic E-state index is -3.92. The fourth-order valence-corrected chi connectivity index (χ4v) is 3.64. The number of carbonyl (C=O) groups excluding carboxylic acids is 1. The molecule has 3 N–H and O–H groups in total. The molecular weight excluding hydrogens is 302 g/mol. The molecule has 1 amide bonds. The lowest BCUT2D eigenvalue weighted by atomic mass is 10.0. The predicted octanol–water partition coefficient (Wildman–Crippen LogP) is 1.14. The van der Waals surface area contributed by atoms with E-state index in [0.29, 0.717) is 0 Å². The minimum absolute atomic E-state index is 0.0635. The van der Waals surface area contributed by atoms with Gasteiger partial charge in [0.1, 0.15) is 4.90 Å². The highest BCUT2D eigenvalue weighted by molar-refractivity contribution is 7.89. The molecule has 0 spiro atoms. The minimum Gasteiger partial charge on any atom is -0.370 e. The van der Waals surface area contributed by atoms with Crippen molar-refractivity contribution in [3.8, 4) is 6.07 Å². The van der Waals surface area contributed by atoms with E-state index in [4.69, 9.17) is 22.6 Å². The van der Waals surface area contributed by atoms with Crippen LogP contribution in [0, 0.1) is 11.3 Å². The molecule has 1 rings (SSSR count). The predicted molar refractivity (Wildman–Crippen MR) is 74.4 cm³/mol. The van der Waals surface area contributed by atoms with Crippen LogP contribution in [0.2, 0.25) is 5.02 Å². The van der Waals surface area contributed by atoms with Gasteiger partial charge in [0.05, 0.1) is 16.7 Å². The van der Waals surface area contributed by atoms with Crippen molar-refractivity contribution >= 4 is 27.5 Å². The Morgan fingerprint density at radius 3 is 2.55 bits per heavy atom. The Labute approximate surface area is 122 Å². The first-order valence-electron chi connectivity index (χ1n) is 5.59. The molecule has 0 aliphatic carbocycles. The van der Waals surface area contributed by atoms with Gasteiger partial charge in [0.2, 0.25) is 15.9 Å². The maximum absolute atomic E-state index is 12.2. The van der Waals surface area contributed by atoms with Crippen LogP contribution in [0.3, 0.4) is 0 Å². The maximum Gasteiger partial charge on any atom is 0.242 e. The number of carbonyl (C=O) groups is 1. The third-order valence-corrected chi connectivity index (χ3v) is 4.56. The summed E-state index contributed by atoms with van der Waals surface area (Å²) >= 11 is 5.87. The number of nitrogens with two attached hydrogens (primary N) is 1. The third-order valence-electron chi connectivity index (χ3n) is 2.38. The van der Waals surface area contributed by atoms with E-state index in [2.05, 4.69) is 4.72 Å². The number of nitrogens with zero attached hydrogens (tertiary/aromatic N) is 1. The SMILES string of the molecule is CC(C)(CC(N)=O)NS(=O)(=O)c1ccc(C#N)cc1Cl. The fourth-order valence-electron chi connectivity index (χ4n) is 1.68. The zero-order valence-electron chi connectivity index (χ0n) is 11.0. The Bertz CT molecular complexity index is 678. The number of sulfonamides is 1. The highest BCUT2D eigenvalue weighted by atomic mass is 35.5. The molecule has 0 bridgehead atoms. The fraction of sp³-hybridized carbons (Fsp3) is 0.333. The van der Waals surface area contributed by atoms with Crippen LogP contribution in [-0.2, 0) is 14.8 Å². The number of nitrogens with one attached hydrogen (secondary N) is 1. The Balaban J connectivity index is 3.12. The molecule has 0 aromatic heterocycles. The van der Waals surface area contributed by atoms with E-state index in [0.717, 1.165) is 0 Å². The molecule has 0 aliphatic rings. The van der Waals surface area contributed by atoms with Gasteiger partial charge in [0.15, 0.2) is 0 Å². The van der Waals surface area contributed by atoms with Gasteiger partial charge < -0.3 is 5.73 Å². The van der Waals surface area contributed by atoms with Gasteiger partial charge >= 0.3 is 0 Å². The number of amides is 1. The number of halogens is 1. The molecule has 1 aromatic rings. The van der Waals surface area contributed by atoms with E-state index in [1.54, 1.807) is 0 Å². The van der Waals surface area contributed by atoms with E-state index >= 15 is 0 Å². The van der Waals surface area contributed by atoms with Crippen LogP contribution in [-0.4, -0.2) is 19.9 Å². The third kappa shape index (κ3) is 4.20. The molecule has 0 saturated carbocycles. The van der Waals surface area contributed by atoms with Crippen molar-refractivity contribution in [2.24, 2.45) is 5.73 Å². The summed E-state index contributed by atoms with van der Waals surface area (Å²) in [5.41, 5.74) is 4.28. The molecule has 20 heavy (non-hydrogen) atoms. The number of benzene rings is 1. The Morgan fingerprint density at radius 1 is 1.50 bits per heavy atom. The molecule has 6 nitrogen and oxygen atoms in total. The first-order valence-corrected chi connectivity index (χ1v) is 7.45. The number of hydrogen-bond donors (Lipinski definition) is 2. The molecule has 8 heteroatoms. The van der Waals surface area contributed by atoms with Crippen molar-refractivity contribution in [3.05, 3.63) is 28.8 Å². The molecule has 1 aromatic carbocycles. The van der Waals surface area contributed by atoms with Crippen molar-refractivity contribution in [2.75, 3.05) is 0 Å². The van der Waals surface area contributed by atoms with Gasteiger partial charge in [-0.05, 0) is 32.0 Å². The summed E-state index contributed by atoms with van der Waals surface area (Å²) in [5, 5.41) is 8.65. The largest absolute Gasteiger partial charge is 0.370 e. The highest BCUT2D eigenvalue weighted by Gasteiger charge is 2.29. The van der Waals surface area contributed by atoms with Gasteiger partial charge in [-0.3, -0.25) is 4.79 Å². The van der Waals surface area contributed by atoms with Gasteiger partial charge in [-0.2, -0.15) is 5.26 Å². The van der Waals surface area contributed by atoms with E-state index < -0.39 is 21.5 Å².